The van der Waals surface area contributed by atoms with Crippen molar-refractivity contribution in [2.75, 3.05) is 6.61 Å². The summed E-state index contributed by atoms with van der Waals surface area (Å²) in [5, 5.41) is 2.90. The molecule has 7 nitrogen and oxygen atoms in total. The first-order chi connectivity index (χ1) is 9.67. The van der Waals surface area contributed by atoms with E-state index in [1.807, 2.05) is 27.7 Å². The van der Waals surface area contributed by atoms with E-state index in [9.17, 15) is 4.79 Å². The summed E-state index contributed by atoms with van der Waals surface area (Å²) in [5.74, 6) is -1.50. The van der Waals surface area contributed by atoms with Crippen LogP contribution in [-0.4, -0.2) is 54.7 Å². The van der Waals surface area contributed by atoms with Crippen molar-refractivity contribution in [1.29, 1.82) is 0 Å². The van der Waals surface area contributed by atoms with Crippen LogP contribution >= 0.6 is 0 Å². The van der Waals surface area contributed by atoms with Crippen molar-refractivity contribution in [3.63, 3.8) is 0 Å². The van der Waals surface area contributed by atoms with Crippen LogP contribution in [-0.2, 0) is 28.5 Å². The van der Waals surface area contributed by atoms with Gasteiger partial charge in [0.2, 0.25) is 5.91 Å². The van der Waals surface area contributed by atoms with Crippen LogP contribution in [0.1, 0.15) is 34.6 Å². The van der Waals surface area contributed by atoms with Crippen LogP contribution in [0.4, 0.5) is 0 Å². The predicted octanol–water partition coefficient (Wildman–Crippen LogP) is 0.519. The van der Waals surface area contributed by atoms with Gasteiger partial charge in [0.15, 0.2) is 17.9 Å². The van der Waals surface area contributed by atoms with E-state index in [0.717, 1.165) is 0 Å². The monoisotopic (exact) mass is 301 g/mol. The molecular weight excluding hydrogens is 278 g/mol. The van der Waals surface area contributed by atoms with Crippen LogP contribution in [0.2, 0.25) is 0 Å². The van der Waals surface area contributed by atoms with Crippen molar-refractivity contribution in [1.82, 2.24) is 5.32 Å². The van der Waals surface area contributed by atoms with Crippen LogP contribution < -0.4 is 5.32 Å². The maximum Gasteiger partial charge on any atom is 0.217 e. The lowest BCUT2D eigenvalue weighted by atomic mass is 10.0. The van der Waals surface area contributed by atoms with Gasteiger partial charge < -0.3 is 29.0 Å². The van der Waals surface area contributed by atoms with E-state index in [1.54, 1.807) is 0 Å². The van der Waals surface area contributed by atoms with Crippen molar-refractivity contribution in [2.24, 2.45) is 0 Å². The van der Waals surface area contributed by atoms with Gasteiger partial charge in [0.25, 0.3) is 0 Å². The number of rotatable bonds is 2. The number of fused-ring (bicyclic) bond motifs is 1. The lowest BCUT2D eigenvalue weighted by Gasteiger charge is -2.29. The fourth-order valence-corrected chi connectivity index (χ4v) is 3.13. The second-order valence-corrected chi connectivity index (χ2v) is 6.66. The summed E-state index contributed by atoms with van der Waals surface area (Å²) in [7, 11) is 0. The summed E-state index contributed by atoms with van der Waals surface area (Å²) in [5.41, 5.74) is 0. The third-order valence-electron chi connectivity index (χ3n) is 3.85. The molecule has 0 aromatic heterocycles. The molecule has 3 saturated heterocycles. The molecule has 2 unspecified atom stereocenters. The largest absolute Gasteiger partial charge is 0.348 e. The van der Waals surface area contributed by atoms with Gasteiger partial charge in [-0.3, -0.25) is 4.79 Å². The van der Waals surface area contributed by atoms with E-state index in [4.69, 9.17) is 23.7 Å². The van der Waals surface area contributed by atoms with Crippen molar-refractivity contribution in [3.05, 3.63) is 0 Å². The first-order valence-electron chi connectivity index (χ1n) is 7.27. The highest BCUT2D eigenvalue weighted by Gasteiger charge is 2.58. The molecule has 120 valence electrons. The van der Waals surface area contributed by atoms with Crippen molar-refractivity contribution < 1.29 is 28.5 Å². The molecule has 0 radical (unpaired) electrons. The summed E-state index contributed by atoms with van der Waals surface area (Å²) in [6.07, 6.45) is -1.48. The van der Waals surface area contributed by atoms with Gasteiger partial charge in [-0.15, -0.1) is 0 Å². The molecule has 3 aliphatic rings. The molecule has 0 bridgehead atoms. The van der Waals surface area contributed by atoms with E-state index >= 15 is 0 Å². The Morgan fingerprint density at radius 3 is 2.33 bits per heavy atom. The molecule has 0 saturated carbocycles. The molecule has 3 aliphatic heterocycles. The number of hydrogen-bond acceptors (Lipinski definition) is 6. The highest BCUT2D eigenvalue weighted by molar-refractivity contribution is 5.73. The fourth-order valence-electron chi connectivity index (χ4n) is 3.13. The summed E-state index contributed by atoms with van der Waals surface area (Å²) < 4.78 is 29.0. The Labute approximate surface area is 124 Å². The molecule has 0 aromatic carbocycles. The topological polar surface area (TPSA) is 75.3 Å². The zero-order chi connectivity index (χ0) is 15.4. The van der Waals surface area contributed by atoms with Gasteiger partial charge in [0, 0.05) is 6.92 Å². The molecule has 0 spiro atoms. The standard InChI is InChI=1S/C14H23NO6/c1-7(16)15-9-10(8-6-17-13(2,3)19-8)18-12-11(9)20-14(4,5)21-12/h8-12H,6H2,1-5H3,(H,15,16)/t8-,9?,10?,11+,12+/m0/s1. The molecule has 5 atom stereocenters. The fraction of sp³-hybridized carbons (Fsp3) is 0.929. The lowest BCUT2D eigenvalue weighted by Crippen LogP contribution is -2.52. The maximum absolute atomic E-state index is 11.5. The molecule has 3 heterocycles. The van der Waals surface area contributed by atoms with E-state index in [-0.39, 0.29) is 30.3 Å². The molecule has 3 fully saturated rings. The van der Waals surface area contributed by atoms with Crippen LogP contribution in [0.25, 0.3) is 0 Å². The van der Waals surface area contributed by atoms with E-state index in [0.29, 0.717) is 6.61 Å². The van der Waals surface area contributed by atoms with E-state index < -0.39 is 17.9 Å². The van der Waals surface area contributed by atoms with Gasteiger partial charge in [0.1, 0.15) is 18.3 Å². The summed E-state index contributed by atoms with van der Waals surface area (Å²) >= 11 is 0. The van der Waals surface area contributed by atoms with Gasteiger partial charge >= 0.3 is 0 Å². The minimum atomic E-state index is -0.719. The molecule has 0 aliphatic carbocycles. The average Bonchev–Trinajstić information content (AvgIpc) is 2.90. The second kappa shape index (κ2) is 4.89. The highest BCUT2D eigenvalue weighted by Crippen LogP contribution is 2.40. The van der Waals surface area contributed by atoms with Gasteiger partial charge in [-0.2, -0.15) is 0 Å². The van der Waals surface area contributed by atoms with Crippen LogP contribution in [0, 0.1) is 0 Å². The first kappa shape index (κ1) is 15.2. The van der Waals surface area contributed by atoms with Crippen molar-refractivity contribution in [2.45, 2.75) is 76.8 Å². The van der Waals surface area contributed by atoms with Gasteiger partial charge in [-0.05, 0) is 27.7 Å². The molecule has 21 heavy (non-hydrogen) atoms. The molecule has 1 N–H and O–H groups in total. The summed E-state index contributed by atoms with van der Waals surface area (Å²) in [6.45, 7) is 9.25. The first-order valence-corrected chi connectivity index (χ1v) is 7.27. The SMILES string of the molecule is CC(=O)NC1C([C@@H]2COC(C)(C)O2)O[C@@H]2OC(C)(C)O[C@H]12. The number of hydrogen-bond donors (Lipinski definition) is 1. The predicted molar refractivity (Wildman–Crippen MR) is 71.2 cm³/mol. The van der Waals surface area contributed by atoms with Crippen LogP contribution in [0.3, 0.4) is 0 Å². The Kier molecular flexibility index (Phi) is 3.53. The minimum Gasteiger partial charge on any atom is -0.348 e. The van der Waals surface area contributed by atoms with E-state index in [2.05, 4.69) is 5.32 Å². The van der Waals surface area contributed by atoms with Crippen molar-refractivity contribution >= 4 is 5.91 Å². The smallest absolute Gasteiger partial charge is 0.217 e. The molecular formula is C14H23NO6. The third-order valence-corrected chi connectivity index (χ3v) is 3.85. The zero-order valence-electron chi connectivity index (χ0n) is 13.0. The third kappa shape index (κ3) is 2.93. The number of carbonyl (C=O) groups excluding carboxylic acids is 1. The van der Waals surface area contributed by atoms with Gasteiger partial charge in [-0.1, -0.05) is 0 Å². The summed E-state index contributed by atoms with van der Waals surface area (Å²) in [4.78, 5) is 11.5. The van der Waals surface area contributed by atoms with Crippen molar-refractivity contribution in [3.8, 4) is 0 Å². The Hall–Kier alpha value is -0.730. The Morgan fingerprint density at radius 1 is 1.05 bits per heavy atom. The van der Waals surface area contributed by atoms with Gasteiger partial charge in [0.05, 0.1) is 12.6 Å². The van der Waals surface area contributed by atoms with Crippen LogP contribution in [0.5, 0.6) is 0 Å². The quantitative estimate of drug-likeness (QED) is 0.801. The van der Waals surface area contributed by atoms with Gasteiger partial charge in [-0.25, -0.2) is 0 Å². The normalized spacial score (nSPS) is 43.8. The number of amides is 1. The Bertz CT molecular complexity index is 437. The number of ether oxygens (including phenoxy) is 5. The second-order valence-electron chi connectivity index (χ2n) is 6.66. The lowest BCUT2D eigenvalue weighted by molar-refractivity contribution is -0.223. The molecule has 7 heteroatoms. The molecule has 3 rings (SSSR count). The van der Waals surface area contributed by atoms with E-state index in [1.165, 1.54) is 6.92 Å². The zero-order valence-corrected chi connectivity index (χ0v) is 13.0. The highest BCUT2D eigenvalue weighted by atomic mass is 16.8. The Balaban J connectivity index is 1.77. The minimum absolute atomic E-state index is 0.138. The molecule has 1 amide bonds. The summed E-state index contributed by atoms with van der Waals surface area (Å²) in [6, 6.07) is -0.322. The molecule has 0 aromatic rings. The number of nitrogens with one attached hydrogen (secondary N) is 1. The average molecular weight is 301 g/mol. The number of carbonyl (C=O) groups is 1. The Morgan fingerprint density at radius 2 is 1.76 bits per heavy atom. The van der Waals surface area contributed by atoms with Crippen LogP contribution in [0.15, 0.2) is 0 Å². The maximum atomic E-state index is 11.5.